The number of piperazine rings is 1. The summed E-state index contributed by atoms with van der Waals surface area (Å²) in [6.07, 6.45) is 7.93. The molecule has 0 aromatic heterocycles. The van der Waals surface area contributed by atoms with Gasteiger partial charge in [0.15, 0.2) is 6.10 Å². The standard InChI is InChI=1S/C35H58N2O8/c1-9-28(39)26(7)33-29(43-33)17-21(2)11-10-12-22(3)32-23(4)13-14-30(35(8,42)16-15-27(38)18-31(40)45-32)44-34(41)37-19-24(5)36-25(6)20-37/h10-14,21,23-30,32-33,36,38-39,42H,9,15-20H2,1-8H3/b11-10+,14-13+,22-12+. The average molecular weight is 635 g/mol. The lowest BCUT2D eigenvalue weighted by molar-refractivity contribution is -0.151. The molecule has 12 atom stereocenters. The van der Waals surface area contributed by atoms with Crippen molar-refractivity contribution in [3.63, 3.8) is 0 Å². The van der Waals surface area contributed by atoms with Gasteiger partial charge < -0.3 is 39.7 Å². The summed E-state index contributed by atoms with van der Waals surface area (Å²) in [5, 5.41) is 35.5. The summed E-state index contributed by atoms with van der Waals surface area (Å²) in [5.41, 5.74) is -0.642. The molecule has 0 saturated carbocycles. The van der Waals surface area contributed by atoms with Crippen LogP contribution in [-0.2, 0) is 19.0 Å². The summed E-state index contributed by atoms with van der Waals surface area (Å²) in [6, 6.07) is 0.238. The molecule has 2 saturated heterocycles. The number of ether oxygens (including phenoxy) is 3. The number of amides is 1. The number of epoxide rings is 1. The van der Waals surface area contributed by atoms with Crippen LogP contribution in [0.5, 0.6) is 0 Å². The number of allylic oxidation sites excluding steroid dienone is 3. The van der Waals surface area contributed by atoms with Crippen molar-refractivity contribution in [1.82, 2.24) is 10.2 Å². The largest absolute Gasteiger partial charge is 0.457 e. The van der Waals surface area contributed by atoms with Crippen LogP contribution in [-0.4, -0.2) is 99.7 Å². The third kappa shape index (κ3) is 11.2. The first-order valence-corrected chi connectivity index (χ1v) is 16.8. The van der Waals surface area contributed by atoms with E-state index in [2.05, 4.69) is 18.3 Å². The highest BCUT2D eigenvalue weighted by molar-refractivity contribution is 5.70. The van der Waals surface area contributed by atoms with Gasteiger partial charge in [0.2, 0.25) is 0 Å². The van der Waals surface area contributed by atoms with Gasteiger partial charge >= 0.3 is 12.1 Å². The van der Waals surface area contributed by atoms with Gasteiger partial charge in [0.05, 0.1) is 30.8 Å². The van der Waals surface area contributed by atoms with Crippen molar-refractivity contribution in [2.24, 2.45) is 17.8 Å². The van der Waals surface area contributed by atoms with Gasteiger partial charge in [-0.25, -0.2) is 4.79 Å². The number of esters is 1. The van der Waals surface area contributed by atoms with Crippen LogP contribution in [0.4, 0.5) is 4.79 Å². The lowest BCUT2D eigenvalue weighted by atomic mass is 9.88. The minimum Gasteiger partial charge on any atom is -0.457 e. The van der Waals surface area contributed by atoms with Crippen LogP contribution >= 0.6 is 0 Å². The molecule has 3 heterocycles. The molecule has 0 bridgehead atoms. The SMILES string of the molecule is CCC(O)C(C)C1OC1CC(C)/C=C/C=C(\C)C1OC(=O)CC(O)CCC(C)(O)C(OC(=O)N2CC(C)NC(C)C2)/C=C/C1C. The van der Waals surface area contributed by atoms with Crippen LogP contribution in [0, 0.1) is 17.8 Å². The molecule has 0 aromatic carbocycles. The molecule has 0 spiro atoms. The Bertz CT molecular complexity index is 1060. The number of hydrogen-bond acceptors (Lipinski definition) is 9. The van der Waals surface area contributed by atoms with Crippen LogP contribution in [0.1, 0.15) is 87.5 Å². The highest BCUT2D eigenvalue weighted by atomic mass is 16.6. The first-order chi connectivity index (χ1) is 21.1. The topological polar surface area (TPSA) is 141 Å². The minimum absolute atomic E-state index is 0.0968. The van der Waals surface area contributed by atoms with Crippen LogP contribution in [0.2, 0.25) is 0 Å². The smallest absolute Gasteiger partial charge is 0.410 e. The molecule has 3 rings (SSSR count). The third-order valence-corrected chi connectivity index (χ3v) is 9.38. The van der Waals surface area contributed by atoms with Gasteiger partial charge in [0.1, 0.15) is 11.7 Å². The number of rotatable bonds is 9. The maximum atomic E-state index is 13.2. The first-order valence-electron chi connectivity index (χ1n) is 16.8. The van der Waals surface area contributed by atoms with E-state index in [0.717, 1.165) is 12.0 Å². The average Bonchev–Trinajstić information content (AvgIpc) is 3.73. The molecular weight excluding hydrogens is 576 g/mol. The van der Waals surface area contributed by atoms with E-state index in [1.807, 2.05) is 59.8 Å². The Hall–Kier alpha value is -2.24. The Morgan fingerprint density at radius 2 is 1.89 bits per heavy atom. The zero-order chi connectivity index (χ0) is 33.5. The van der Waals surface area contributed by atoms with Gasteiger partial charge in [-0.1, -0.05) is 52.0 Å². The van der Waals surface area contributed by atoms with Crippen molar-refractivity contribution in [2.75, 3.05) is 13.1 Å². The van der Waals surface area contributed by atoms with E-state index in [1.165, 1.54) is 0 Å². The van der Waals surface area contributed by atoms with E-state index < -0.39 is 36.0 Å². The lowest BCUT2D eigenvalue weighted by Gasteiger charge is -2.38. The quantitative estimate of drug-likeness (QED) is 0.127. The van der Waals surface area contributed by atoms with E-state index in [1.54, 1.807) is 17.9 Å². The fraction of sp³-hybridized carbons (Fsp3) is 0.771. The Morgan fingerprint density at radius 3 is 2.53 bits per heavy atom. The van der Waals surface area contributed by atoms with Crippen molar-refractivity contribution in [2.45, 2.75) is 142 Å². The molecule has 3 aliphatic heterocycles. The number of cyclic esters (lactones) is 1. The number of carbonyl (C=O) groups excluding carboxylic acids is 2. The molecule has 45 heavy (non-hydrogen) atoms. The Balaban J connectivity index is 1.72. The molecule has 2 fully saturated rings. The van der Waals surface area contributed by atoms with Crippen molar-refractivity contribution in [3.05, 3.63) is 36.0 Å². The molecule has 0 aliphatic carbocycles. The molecule has 0 radical (unpaired) electrons. The maximum absolute atomic E-state index is 13.2. The van der Waals surface area contributed by atoms with E-state index >= 15 is 0 Å². The van der Waals surface area contributed by atoms with Crippen molar-refractivity contribution in [1.29, 1.82) is 0 Å². The zero-order valence-electron chi connectivity index (χ0n) is 28.5. The predicted molar refractivity (Wildman–Crippen MR) is 173 cm³/mol. The number of nitrogens with one attached hydrogen (secondary N) is 1. The monoisotopic (exact) mass is 634 g/mol. The maximum Gasteiger partial charge on any atom is 0.410 e. The van der Waals surface area contributed by atoms with E-state index in [-0.39, 0.29) is 67.4 Å². The summed E-state index contributed by atoms with van der Waals surface area (Å²) in [4.78, 5) is 27.7. The molecular formula is C35H58N2O8. The summed E-state index contributed by atoms with van der Waals surface area (Å²) < 4.78 is 17.6. The summed E-state index contributed by atoms with van der Waals surface area (Å²) in [6.45, 7) is 16.5. The predicted octanol–water partition coefficient (Wildman–Crippen LogP) is 4.28. The molecule has 256 valence electrons. The summed E-state index contributed by atoms with van der Waals surface area (Å²) in [7, 11) is 0. The second-order valence-electron chi connectivity index (χ2n) is 14.1. The molecule has 12 unspecified atom stereocenters. The fourth-order valence-electron chi connectivity index (χ4n) is 6.45. The second-order valence-corrected chi connectivity index (χ2v) is 14.1. The Morgan fingerprint density at radius 1 is 1.22 bits per heavy atom. The molecule has 4 N–H and O–H groups in total. The van der Waals surface area contributed by atoms with Crippen LogP contribution in [0.3, 0.4) is 0 Å². The summed E-state index contributed by atoms with van der Waals surface area (Å²) in [5.74, 6) is -0.455. The normalized spacial score (nSPS) is 38.0. The van der Waals surface area contributed by atoms with Gasteiger partial charge in [0.25, 0.3) is 0 Å². The number of hydrogen-bond donors (Lipinski definition) is 4. The van der Waals surface area contributed by atoms with Crippen molar-refractivity contribution >= 4 is 12.1 Å². The van der Waals surface area contributed by atoms with Crippen LogP contribution < -0.4 is 5.32 Å². The number of aliphatic hydroxyl groups is 3. The van der Waals surface area contributed by atoms with Crippen molar-refractivity contribution < 1.29 is 39.1 Å². The third-order valence-electron chi connectivity index (χ3n) is 9.38. The van der Waals surface area contributed by atoms with Gasteiger partial charge in [-0.15, -0.1) is 0 Å². The number of aliphatic hydroxyl groups excluding tert-OH is 2. The summed E-state index contributed by atoms with van der Waals surface area (Å²) >= 11 is 0. The molecule has 1 amide bonds. The Kier molecular flexibility index (Phi) is 13.7. The van der Waals surface area contributed by atoms with E-state index in [9.17, 15) is 24.9 Å². The number of nitrogens with zero attached hydrogens (tertiary/aromatic N) is 1. The van der Waals surface area contributed by atoms with E-state index in [4.69, 9.17) is 14.2 Å². The van der Waals surface area contributed by atoms with Gasteiger partial charge in [-0.3, -0.25) is 4.79 Å². The second kappa shape index (κ2) is 16.5. The van der Waals surface area contributed by atoms with Crippen LogP contribution in [0.25, 0.3) is 0 Å². The number of carbonyl (C=O) groups is 2. The van der Waals surface area contributed by atoms with Gasteiger partial charge in [-0.05, 0) is 70.9 Å². The molecule has 3 aliphatic rings. The van der Waals surface area contributed by atoms with Gasteiger partial charge in [0, 0.05) is 37.0 Å². The minimum atomic E-state index is -1.46. The molecule has 0 aromatic rings. The molecule has 10 nitrogen and oxygen atoms in total. The highest BCUT2D eigenvalue weighted by Crippen LogP contribution is 2.36. The fourth-order valence-corrected chi connectivity index (χ4v) is 6.45. The van der Waals surface area contributed by atoms with Crippen LogP contribution in [0.15, 0.2) is 36.0 Å². The molecule has 10 heteroatoms. The van der Waals surface area contributed by atoms with Crippen molar-refractivity contribution in [3.8, 4) is 0 Å². The zero-order valence-corrected chi connectivity index (χ0v) is 28.5. The highest BCUT2D eigenvalue weighted by Gasteiger charge is 2.45. The van der Waals surface area contributed by atoms with Gasteiger partial charge in [-0.2, -0.15) is 0 Å². The lowest BCUT2D eigenvalue weighted by Crippen LogP contribution is -2.57. The van der Waals surface area contributed by atoms with E-state index in [0.29, 0.717) is 19.5 Å². The Labute approximate surface area is 269 Å². The first kappa shape index (κ1) is 37.2.